The molecule has 2 aliphatic rings. The van der Waals surface area contributed by atoms with Gasteiger partial charge < -0.3 is 5.32 Å². The van der Waals surface area contributed by atoms with Gasteiger partial charge in [-0.15, -0.1) is 0 Å². The predicted octanol–water partition coefficient (Wildman–Crippen LogP) is 4.56. The van der Waals surface area contributed by atoms with Crippen LogP contribution in [0, 0.1) is 11.6 Å². The third-order valence-electron chi connectivity index (χ3n) is 5.64. The Balaban J connectivity index is 1.33. The Morgan fingerprint density at radius 1 is 1.00 bits per heavy atom. The number of thioether (sulfide) groups is 1. The number of amides is 2. The maximum Gasteiger partial charge on any atom is 0.259 e. The van der Waals surface area contributed by atoms with Crippen LogP contribution in [-0.2, 0) is 21.9 Å². The van der Waals surface area contributed by atoms with Crippen molar-refractivity contribution in [2.24, 2.45) is 9.98 Å². The zero-order valence-corrected chi connectivity index (χ0v) is 19.3. The van der Waals surface area contributed by atoms with Crippen molar-refractivity contribution in [2.45, 2.75) is 24.8 Å². The van der Waals surface area contributed by atoms with Gasteiger partial charge in [-0.25, -0.2) is 18.7 Å². The maximum absolute atomic E-state index is 14.1. The number of aliphatic imine (C=N–C) groups is 2. The van der Waals surface area contributed by atoms with E-state index in [0.717, 1.165) is 5.56 Å². The highest BCUT2D eigenvalue weighted by Gasteiger charge is 2.42. The number of nitrogens with one attached hydrogen (secondary N) is 1. The molecule has 6 nitrogen and oxygen atoms in total. The van der Waals surface area contributed by atoms with Gasteiger partial charge >= 0.3 is 0 Å². The number of halogens is 2. The van der Waals surface area contributed by atoms with Crippen LogP contribution >= 0.6 is 11.8 Å². The van der Waals surface area contributed by atoms with Crippen LogP contribution in [-0.4, -0.2) is 33.8 Å². The Labute approximate surface area is 204 Å². The molecule has 0 fully saturated rings. The van der Waals surface area contributed by atoms with Gasteiger partial charge in [0.1, 0.15) is 23.5 Å². The third kappa shape index (κ3) is 4.85. The molecular weight excluding hydrogens is 470 g/mol. The second-order valence-electron chi connectivity index (χ2n) is 8.04. The molecule has 0 aliphatic carbocycles. The van der Waals surface area contributed by atoms with E-state index in [2.05, 4.69) is 15.3 Å². The molecule has 1 atom stereocenters. The topological polar surface area (TPSA) is 74.1 Å². The van der Waals surface area contributed by atoms with E-state index in [0.29, 0.717) is 27.8 Å². The van der Waals surface area contributed by atoms with Crippen LogP contribution in [0.3, 0.4) is 0 Å². The highest BCUT2D eigenvalue weighted by molar-refractivity contribution is 8.13. The largest absolute Gasteiger partial charge is 0.352 e. The molecule has 176 valence electrons. The molecule has 0 saturated heterocycles. The van der Waals surface area contributed by atoms with E-state index in [1.54, 1.807) is 30.3 Å². The number of benzene rings is 3. The molecule has 3 aromatic rings. The summed E-state index contributed by atoms with van der Waals surface area (Å²) in [6.07, 6.45) is -0.131. The maximum atomic E-state index is 14.1. The van der Waals surface area contributed by atoms with Crippen LogP contribution in [0.25, 0.3) is 0 Å². The lowest BCUT2D eigenvalue weighted by Gasteiger charge is -2.25. The second-order valence-corrected chi connectivity index (χ2v) is 8.98. The summed E-state index contributed by atoms with van der Waals surface area (Å²) in [4.78, 5) is 36.5. The van der Waals surface area contributed by atoms with Crippen molar-refractivity contribution in [1.29, 1.82) is 0 Å². The summed E-state index contributed by atoms with van der Waals surface area (Å²) >= 11 is 1.24. The summed E-state index contributed by atoms with van der Waals surface area (Å²) in [5, 5.41) is 3.15. The Morgan fingerprint density at radius 2 is 1.74 bits per heavy atom. The first kappa shape index (κ1) is 22.9. The normalized spacial score (nSPS) is 16.3. The van der Waals surface area contributed by atoms with Crippen molar-refractivity contribution in [3.8, 4) is 0 Å². The van der Waals surface area contributed by atoms with Gasteiger partial charge in [-0.2, -0.15) is 0 Å². The summed E-state index contributed by atoms with van der Waals surface area (Å²) < 4.78 is 27.2. The number of nitrogens with zero attached hydrogens (tertiary/aromatic N) is 3. The first-order chi connectivity index (χ1) is 17.0. The van der Waals surface area contributed by atoms with Crippen molar-refractivity contribution < 1.29 is 18.4 Å². The number of rotatable bonds is 6. The van der Waals surface area contributed by atoms with Gasteiger partial charge in [-0.05, 0) is 41.5 Å². The van der Waals surface area contributed by atoms with E-state index in [1.165, 1.54) is 34.9 Å². The number of para-hydroxylation sites is 1. The average molecular weight is 491 g/mol. The van der Waals surface area contributed by atoms with Gasteiger partial charge in [0.2, 0.25) is 5.91 Å². The van der Waals surface area contributed by atoms with Gasteiger partial charge in [0, 0.05) is 17.9 Å². The Hall–Kier alpha value is -3.85. The zero-order valence-electron chi connectivity index (χ0n) is 18.4. The first-order valence-corrected chi connectivity index (χ1v) is 12.0. The van der Waals surface area contributed by atoms with Crippen LogP contribution in [0.5, 0.6) is 0 Å². The highest BCUT2D eigenvalue weighted by Crippen LogP contribution is 2.35. The molecular formula is C26H20F2N4O2S. The molecule has 1 N–H and O–H groups in total. The number of hydrogen-bond donors (Lipinski definition) is 1. The number of amidine groups is 2. The predicted molar refractivity (Wildman–Crippen MR) is 131 cm³/mol. The summed E-state index contributed by atoms with van der Waals surface area (Å²) in [6, 6.07) is 18.7. The lowest BCUT2D eigenvalue weighted by atomic mass is 10.1. The molecule has 2 amide bonds. The van der Waals surface area contributed by atoms with Gasteiger partial charge in [0.15, 0.2) is 5.17 Å². The van der Waals surface area contributed by atoms with E-state index >= 15 is 0 Å². The highest BCUT2D eigenvalue weighted by atomic mass is 32.2. The van der Waals surface area contributed by atoms with E-state index in [4.69, 9.17) is 0 Å². The number of hydrogen-bond acceptors (Lipinski definition) is 5. The van der Waals surface area contributed by atoms with Crippen LogP contribution in [0.15, 0.2) is 82.8 Å². The lowest BCUT2D eigenvalue weighted by molar-refractivity contribution is -0.128. The summed E-state index contributed by atoms with van der Waals surface area (Å²) in [5.41, 5.74) is 2.60. The first-order valence-electron chi connectivity index (χ1n) is 11.0. The van der Waals surface area contributed by atoms with Crippen molar-refractivity contribution in [2.75, 3.05) is 0 Å². The summed E-state index contributed by atoms with van der Waals surface area (Å²) in [5.74, 6) is -0.654. The average Bonchev–Trinajstić information content (AvgIpc) is 3.19. The van der Waals surface area contributed by atoms with Gasteiger partial charge in [-0.3, -0.25) is 14.6 Å². The molecule has 0 bridgehead atoms. The summed E-state index contributed by atoms with van der Waals surface area (Å²) in [7, 11) is 0. The minimum atomic E-state index is -0.899. The molecule has 0 saturated carbocycles. The fraction of sp³-hybridized carbons (Fsp3) is 0.154. The molecule has 5 rings (SSSR count). The van der Waals surface area contributed by atoms with Crippen LogP contribution in [0.4, 0.5) is 14.5 Å². The minimum absolute atomic E-state index is 0.131. The molecule has 0 radical (unpaired) electrons. The molecule has 0 aromatic heterocycles. The fourth-order valence-electron chi connectivity index (χ4n) is 3.84. The van der Waals surface area contributed by atoms with Gasteiger partial charge in [0.05, 0.1) is 12.1 Å². The molecule has 35 heavy (non-hydrogen) atoms. The van der Waals surface area contributed by atoms with E-state index in [1.807, 2.05) is 24.3 Å². The molecule has 2 heterocycles. The molecule has 3 aromatic carbocycles. The molecule has 2 aliphatic heterocycles. The molecule has 0 spiro atoms. The Bertz CT molecular complexity index is 1360. The van der Waals surface area contributed by atoms with Crippen molar-refractivity contribution in [3.63, 3.8) is 0 Å². The second kappa shape index (κ2) is 9.79. The zero-order chi connectivity index (χ0) is 24.4. The smallest absolute Gasteiger partial charge is 0.259 e. The van der Waals surface area contributed by atoms with Crippen molar-refractivity contribution in [3.05, 3.63) is 101 Å². The standard InChI is InChI=1S/C26H20F2N4O2S/c27-18-11-9-16(10-12-18)14-29-23(33)13-22-25(34)32-24(30-22)19-6-2-4-8-21(19)31-26(32)35-15-17-5-1-3-7-20(17)28/h1-12,22H,13-15H2,(H,29,33). The summed E-state index contributed by atoms with van der Waals surface area (Å²) in [6.45, 7) is 0.217. The van der Waals surface area contributed by atoms with Gasteiger partial charge in [0.25, 0.3) is 5.91 Å². The molecule has 1 unspecified atom stereocenters. The van der Waals surface area contributed by atoms with Crippen molar-refractivity contribution in [1.82, 2.24) is 10.2 Å². The van der Waals surface area contributed by atoms with Crippen LogP contribution < -0.4 is 5.32 Å². The number of fused-ring (bicyclic) bond motifs is 3. The Kier molecular flexibility index (Phi) is 6.41. The number of carbonyl (C=O) groups excluding carboxylic acids is 2. The Morgan fingerprint density at radius 3 is 2.54 bits per heavy atom. The third-order valence-corrected chi connectivity index (χ3v) is 6.63. The quantitative estimate of drug-likeness (QED) is 0.551. The molecule has 9 heteroatoms. The van der Waals surface area contributed by atoms with Crippen LogP contribution in [0.1, 0.15) is 23.1 Å². The lowest BCUT2D eigenvalue weighted by Crippen LogP contribution is -2.42. The van der Waals surface area contributed by atoms with E-state index < -0.39 is 6.04 Å². The monoisotopic (exact) mass is 490 g/mol. The SMILES string of the molecule is O=C(CC1N=C2c3ccccc3N=C(SCc3ccccc3F)N2C1=O)NCc1ccc(F)cc1. The minimum Gasteiger partial charge on any atom is -0.352 e. The number of carbonyl (C=O) groups is 2. The van der Waals surface area contributed by atoms with Crippen LogP contribution in [0.2, 0.25) is 0 Å². The van der Waals surface area contributed by atoms with Crippen molar-refractivity contribution >= 4 is 40.3 Å². The van der Waals surface area contributed by atoms with Gasteiger partial charge in [-0.1, -0.05) is 54.2 Å². The van der Waals surface area contributed by atoms with E-state index in [-0.39, 0.29) is 42.2 Å². The fourth-order valence-corrected chi connectivity index (χ4v) is 4.83. The van der Waals surface area contributed by atoms with E-state index in [9.17, 15) is 18.4 Å².